The van der Waals surface area contributed by atoms with E-state index in [0.717, 1.165) is 0 Å². The summed E-state index contributed by atoms with van der Waals surface area (Å²) in [5.41, 5.74) is 0.536. The van der Waals surface area contributed by atoms with Gasteiger partial charge in [0.25, 0.3) is 5.69 Å². The Morgan fingerprint density at radius 1 is 1.11 bits per heavy atom. The lowest BCUT2D eigenvalue weighted by atomic mass is 10.3. The predicted molar refractivity (Wildman–Crippen MR) is 73.4 cm³/mol. The number of hydrogen-bond acceptors (Lipinski definition) is 5. The standard InChI is InChI=1S/C10H5Cl3N4O2/c11-7-8(12)15-10(13)16-9(7)14-5-1-3-6(4-2-5)17(18)19/h1-4H,(H,14,15,16). The first kappa shape index (κ1) is 13.8. The molecule has 1 aromatic carbocycles. The van der Waals surface area contributed by atoms with Crippen molar-refractivity contribution in [1.29, 1.82) is 0 Å². The van der Waals surface area contributed by atoms with Crippen molar-refractivity contribution in [3.05, 3.63) is 49.8 Å². The Labute approximate surface area is 122 Å². The van der Waals surface area contributed by atoms with Gasteiger partial charge in [-0.1, -0.05) is 23.2 Å². The van der Waals surface area contributed by atoms with Crippen LogP contribution in [-0.4, -0.2) is 14.9 Å². The molecule has 0 atom stereocenters. The summed E-state index contributed by atoms with van der Waals surface area (Å²) in [4.78, 5) is 17.6. The molecule has 0 saturated carbocycles. The van der Waals surface area contributed by atoms with Crippen LogP contribution in [0.15, 0.2) is 24.3 Å². The Bertz CT molecular complexity index is 633. The van der Waals surface area contributed by atoms with E-state index in [1.807, 2.05) is 0 Å². The minimum atomic E-state index is -0.491. The zero-order valence-corrected chi connectivity index (χ0v) is 11.4. The summed E-state index contributed by atoms with van der Waals surface area (Å²) in [7, 11) is 0. The number of aromatic nitrogens is 2. The van der Waals surface area contributed by atoms with Crippen LogP contribution in [0.4, 0.5) is 17.2 Å². The molecule has 0 aliphatic rings. The number of hydrogen-bond donors (Lipinski definition) is 1. The van der Waals surface area contributed by atoms with Gasteiger partial charge in [-0.05, 0) is 23.7 Å². The summed E-state index contributed by atoms with van der Waals surface area (Å²) in [5.74, 6) is 0.223. The fraction of sp³-hybridized carbons (Fsp3) is 0. The molecule has 1 aromatic heterocycles. The molecular weight excluding hydrogens is 314 g/mol. The van der Waals surface area contributed by atoms with Crippen molar-refractivity contribution in [1.82, 2.24) is 9.97 Å². The third-order valence-corrected chi connectivity index (χ3v) is 3.02. The van der Waals surface area contributed by atoms with Gasteiger partial charge in [0.2, 0.25) is 5.28 Å². The van der Waals surface area contributed by atoms with Gasteiger partial charge in [-0.3, -0.25) is 10.1 Å². The highest BCUT2D eigenvalue weighted by Gasteiger charge is 2.11. The summed E-state index contributed by atoms with van der Waals surface area (Å²) < 4.78 is 0. The van der Waals surface area contributed by atoms with Gasteiger partial charge in [-0.15, -0.1) is 0 Å². The first-order chi connectivity index (χ1) is 8.97. The quantitative estimate of drug-likeness (QED) is 0.399. The Hall–Kier alpha value is -1.63. The van der Waals surface area contributed by atoms with Crippen molar-refractivity contribution in [2.45, 2.75) is 0 Å². The first-order valence-corrected chi connectivity index (χ1v) is 6.01. The number of benzene rings is 1. The predicted octanol–water partition coefficient (Wildman–Crippen LogP) is 4.09. The molecule has 0 amide bonds. The van der Waals surface area contributed by atoms with E-state index >= 15 is 0 Å². The average Bonchev–Trinajstić information content (AvgIpc) is 2.36. The molecule has 1 N–H and O–H groups in total. The van der Waals surface area contributed by atoms with E-state index < -0.39 is 4.92 Å². The summed E-state index contributed by atoms with van der Waals surface area (Å²) >= 11 is 17.3. The Morgan fingerprint density at radius 2 is 1.74 bits per heavy atom. The van der Waals surface area contributed by atoms with E-state index in [4.69, 9.17) is 34.8 Å². The van der Waals surface area contributed by atoms with Crippen molar-refractivity contribution in [2.24, 2.45) is 0 Å². The SMILES string of the molecule is O=[N+]([O-])c1ccc(Nc2nc(Cl)nc(Cl)c2Cl)cc1. The Balaban J connectivity index is 2.28. The van der Waals surface area contributed by atoms with Gasteiger partial charge in [0.05, 0.1) is 4.92 Å². The molecule has 2 aromatic rings. The van der Waals surface area contributed by atoms with Gasteiger partial charge >= 0.3 is 0 Å². The summed E-state index contributed by atoms with van der Waals surface area (Å²) in [6, 6.07) is 5.72. The first-order valence-electron chi connectivity index (χ1n) is 4.87. The molecule has 2 rings (SSSR count). The Kier molecular flexibility index (Phi) is 4.04. The smallest absolute Gasteiger partial charge is 0.269 e. The highest BCUT2D eigenvalue weighted by atomic mass is 35.5. The van der Waals surface area contributed by atoms with Crippen LogP contribution in [0.2, 0.25) is 15.5 Å². The summed E-state index contributed by atoms with van der Waals surface area (Å²) in [6.07, 6.45) is 0. The van der Waals surface area contributed by atoms with Crippen LogP contribution < -0.4 is 5.32 Å². The number of nitro benzene ring substituents is 1. The number of non-ortho nitro benzene ring substituents is 1. The molecular formula is C10H5Cl3N4O2. The molecule has 1 heterocycles. The molecule has 0 spiro atoms. The molecule has 0 unspecified atom stereocenters. The second-order valence-electron chi connectivity index (χ2n) is 3.38. The van der Waals surface area contributed by atoms with E-state index in [1.165, 1.54) is 24.3 Å². The maximum atomic E-state index is 10.5. The van der Waals surface area contributed by atoms with Crippen molar-refractivity contribution in [3.8, 4) is 0 Å². The lowest BCUT2D eigenvalue weighted by Crippen LogP contribution is -1.97. The zero-order valence-electron chi connectivity index (χ0n) is 9.10. The maximum Gasteiger partial charge on any atom is 0.269 e. The number of nitro groups is 1. The molecule has 19 heavy (non-hydrogen) atoms. The van der Waals surface area contributed by atoms with Gasteiger partial charge in [0.1, 0.15) is 5.02 Å². The summed E-state index contributed by atoms with van der Waals surface area (Å²) in [6.45, 7) is 0. The van der Waals surface area contributed by atoms with Crippen LogP contribution in [0.1, 0.15) is 0 Å². The van der Waals surface area contributed by atoms with Gasteiger partial charge in [-0.2, -0.15) is 4.98 Å². The van der Waals surface area contributed by atoms with Crippen LogP contribution in [-0.2, 0) is 0 Å². The second-order valence-corrected chi connectivity index (χ2v) is 4.45. The maximum absolute atomic E-state index is 10.5. The third kappa shape index (κ3) is 3.23. The molecule has 0 fully saturated rings. The van der Waals surface area contributed by atoms with E-state index in [-0.39, 0.29) is 27.0 Å². The fourth-order valence-electron chi connectivity index (χ4n) is 1.28. The molecule has 0 radical (unpaired) electrons. The summed E-state index contributed by atoms with van der Waals surface area (Å²) in [5, 5.41) is 13.4. The van der Waals surface area contributed by atoms with Crippen LogP contribution in [0.25, 0.3) is 0 Å². The topological polar surface area (TPSA) is 81.0 Å². The van der Waals surface area contributed by atoms with Crippen molar-refractivity contribution >= 4 is 52.0 Å². The van der Waals surface area contributed by atoms with Crippen LogP contribution >= 0.6 is 34.8 Å². The molecule has 0 aliphatic carbocycles. The minimum absolute atomic E-state index is 0.0181. The molecule has 0 saturated heterocycles. The van der Waals surface area contributed by atoms with Gasteiger partial charge in [-0.25, -0.2) is 4.98 Å². The highest BCUT2D eigenvalue weighted by molar-refractivity contribution is 6.43. The van der Waals surface area contributed by atoms with Crippen molar-refractivity contribution in [2.75, 3.05) is 5.32 Å². The number of nitrogens with zero attached hydrogens (tertiary/aromatic N) is 3. The van der Waals surface area contributed by atoms with E-state index in [9.17, 15) is 10.1 Å². The molecule has 98 valence electrons. The van der Waals surface area contributed by atoms with Gasteiger partial charge in [0, 0.05) is 17.8 Å². The molecule has 0 bridgehead atoms. The number of nitrogens with one attached hydrogen (secondary N) is 1. The van der Waals surface area contributed by atoms with Gasteiger partial charge < -0.3 is 5.32 Å². The zero-order chi connectivity index (χ0) is 14.0. The molecule has 0 aliphatic heterocycles. The average molecular weight is 320 g/mol. The fourth-order valence-corrected chi connectivity index (χ4v) is 1.79. The second kappa shape index (κ2) is 5.56. The van der Waals surface area contributed by atoms with E-state index in [0.29, 0.717) is 5.69 Å². The number of rotatable bonds is 3. The number of anilines is 2. The van der Waals surface area contributed by atoms with E-state index in [2.05, 4.69) is 15.3 Å². The largest absolute Gasteiger partial charge is 0.339 e. The lowest BCUT2D eigenvalue weighted by Gasteiger charge is -2.08. The van der Waals surface area contributed by atoms with E-state index in [1.54, 1.807) is 0 Å². The monoisotopic (exact) mass is 318 g/mol. The molecule has 9 heteroatoms. The third-order valence-electron chi connectivity index (χ3n) is 2.12. The van der Waals surface area contributed by atoms with Gasteiger partial charge in [0.15, 0.2) is 11.0 Å². The van der Waals surface area contributed by atoms with Crippen LogP contribution in [0.5, 0.6) is 0 Å². The van der Waals surface area contributed by atoms with Crippen LogP contribution in [0.3, 0.4) is 0 Å². The number of halogens is 3. The normalized spacial score (nSPS) is 10.3. The molecule has 6 nitrogen and oxygen atoms in total. The van der Waals surface area contributed by atoms with Crippen molar-refractivity contribution in [3.63, 3.8) is 0 Å². The minimum Gasteiger partial charge on any atom is -0.339 e. The van der Waals surface area contributed by atoms with Crippen LogP contribution in [0, 0.1) is 10.1 Å². The van der Waals surface area contributed by atoms with Crippen molar-refractivity contribution < 1.29 is 4.92 Å². The lowest BCUT2D eigenvalue weighted by molar-refractivity contribution is -0.384. The Morgan fingerprint density at radius 3 is 2.32 bits per heavy atom. The highest BCUT2D eigenvalue weighted by Crippen LogP contribution is 2.30.